The number of amides is 6. The summed E-state index contributed by atoms with van der Waals surface area (Å²) in [6, 6.07) is 8.87. The fourth-order valence-electron chi connectivity index (χ4n) is 11.3. The van der Waals surface area contributed by atoms with Gasteiger partial charge in [0, 0.05) is 52.2 Å². The van der Waals surface area contributed by atoms with E-state index in [0.29, 0.717) is 120 Å². The highest BCUT2D eigenvalue weighted by Gasteiger charge is 2.38. The van der Waals surface area contributed by atoms with Gasteiger partial charge in [-0.15, -0.1) is 68.0 Å². The molecule has 8 heterocycles. The number of hydrogen-bond acceptors (Lipinski definition) is 24. The van der Waals surface area contributed by atoms with E-state index in [0.717, 1.165) is 34.0 Å². The van der Waals surface area contributed by atoms with Crippen LogP contribution in [-0.2, 0) is 35.3 Å². The van der Waals surface area contributed by atoms with Crippen molar-refractivity contribution < 1.29 is 63.1 Å². The minimum absolute atomic E-state index is 0.00609. The Bertz CT molecular complexity index is 4130. The topological polar surface area (TPSA) is 369 Å². The third-order valence-corrected chi connectivity index (χ3v) is 22.1. The molecule has 3 aliphatic rings. The van der Waals surface area contributed by atoms with E-state index in [1.807, 2.05) is 13.8 Å². The Balaban J connectivity index is 0.977. The third kappa shape index (κ3) is 15.1. The SMILES string of the molecule is CNC(=O)C[C@@H]1NC(=O)c2csc(n2)-c2ccc(-c3nc(N(C(=O)O[C@H]4CC[C@H](C(=O)O)CC4)C4CCC(C(=O)O)CC4)cs3)nc2-c2csc(n2)-c2csc(n2)[C@H]([C@@H](O)c2ccccc2)NC(=O)CNC(=O)c2nc(sc2COC)C(C(C)C)NC(=O)c2nc1sc2C. The lowest BCUT2D eigenvalue weighted by Crippen LogP contribution is -2.45. The van der Waals surface area contributed by atoms with Gasteiger partial charge in [0.2, 0.25) is 11.8 Å². The van der Waals surface area contributed by atoms with Crippen LogP contribution in [0.4, 0.5) is 10.6 Å². The van der Waals surface area contributed by atoms with E-state index in [1.165, 1.54) is 53.1 Å². The van der Waals surface area contributed by atoms with Gasteiger partial charge in [0.05, 0.1) is 54.1 Å². The second-order valence-corrected chi connectivity index (χ2v) is 28.9. The Hall–Kier alpha value is -8.37. The predicted octanol–water partition coefficient (Wildman–Crippen LogP) is 9.54. The molecule has 492 valence electrons. The average molecular weight is 1390 g/mol. The molecule has 6 amide bonds. The van der Waals surface area contributed by atoms with Crippen LogP contribution in [0, 0.1) is 24.7 Å². The normalized spacial score (nSPS) is 20.8. The molecule has 2 fully saturated rings. The monoisotopic (exact) mass is 1390 g/mol. The molecule has 1 unspecified atom stereocenters. The standard InChI is InChI=1S/C62H65N13O13S6/c1-28(2)45-59-74-48(41(94-59)23-87-5)52(80)64-22-44(77)71-49(50(78)30-9-7-6-8-10-30)58-69-40(26-91-58)56-67-38(24-90-56)47-35(54-68-39(25-89-54)51(79)66-37(21-43(76)63-4)57-73-46(29(3)93-57)53(81)72-45)19-20-36(65-47)55-70-42(27-92-55)75(33-15-11-31(12-16-33)60(82)83)62(86)88-34-17-13-32(14-18-34)61(84)85/h6-10,19-20,24-28,31-34,37,45,49-50,78H,11-18,21-23H2,1-5H3,(H,63,76)(H,64,80)(H,66,79)(H,71,77)(H,72,81)(H,82,83)(H,84,85)/t31?,32-,33?,34-,37-,45?,49-,50-/m0/s1. The molecule has 94 heavy (non-hydrogen) atoms. The van der Waals surface area contributed by atoms with Gasteiger partial charge >= 0.3 is 18.0 Å². The van der Waals surface area contributed by atoms with E-state index in [4.69, 9.17) is 44.4 Å². The molecule has 32 heteroatoms. The van der Waals surface area contributed by atoms with Crippen molar-refractivity contribution in [3.8, 4) is 43.4 Å². The first-order valence-corrected chi connectivity index (χ1v) is 35.3. The number of hydrogen-bond donors (Lipinski definition) is 8. The van der Waals surface area contributed by atoms with Crippen LogP contribution in [-0.4, -0.2) is 131 Å². The molecule has 4 atom stereocenters. The van der Waals surface area contributed by atoms with Crippen LogP contribution in [0.1, 0.15) is 158 Å². The lowest BCUT2D eigenvalue weighted by atomic mass is 9.85. The van der Waals surface area contributed by atoms with Crippen molar-refractivity contribution >= 4 is 121 Å². The van der Waals surface area contributed by atoms with Crippen LogP contribution in [0.5, 0.6) is 0 Å². The van der Waals surface area contributed by atoms with Crippen LogP contribution in [0.2, 0.25) is 0 Å². The summed E-state index contributed by atoms with van der Waals surface area (Å²) in [5.41, 5.74) is 2.40. The van der Waals surface area contributed by atoms with Crippen LogP contribution in [0.15, 0.2) is 64.0 Å². The third-order valence-electron chi connectivity index (χ3n) is 16.4. The van der Waals surface area contributed by atoms with Crippen molar-refractivity contribution in [2.24, 2.45) is 17.8 Å². The summed E-state index contributed by atoms with van der Waals surface area (Å²) in [4.78, 5) is 145. The highest BCUT2D eigenvalue weighted by Crippen LogP contribution is 2.42. The highest BCUT2D eigenvalue weighted by molar-refractivity contribution is 7.15. The first kappa shape index (κ1) is 67.1. The van der Waals surface area contributed by atoms with Gasteiger partial charge in [0.15, 0.2) is 0 Å². The van der Waals surface area contributed by atoms with Crippen molar-refractivity contribution in [3.05, 3.63) is 111 Å². The number of anilines is 1. The van der Waals surface area contributed by atoms with Crippen LogP contribution < -0.4 is 31.5 Å². The molecule has 2 saturated carbocycles. The van der Waals surface area contributed by atoms with Crippen molar-refractivity contribution in [3.63, 3.8) is 0 Å². The summed E-state index contributed by atoms with van der Waals surface area (Å²) < 4.78 is 11.5. The fraction of sp³-hybridized carbons (Fsp3) is 0.403. The number of fused-ring (bicyclic) bond motifs is 14. The quantitative estimate of drug-likeness (QED) is 0.0532. The zero-order chi connectivity index (χ0) is 66.5. The lowest BCUT2D eigenvalue weighted by Gasteiger charge is -2.35. The molecule has 8 N–H and O–H groups in total. The zero-order valence-electron chi connectivity index (χ0n) is 51.3. The number of benzene rings is 1. The number of rotatable bonds is 13. The van der Waals surface area contributed by atoms with Gasteiger partial charge in [-0.1, -0.05) is 44.2 Å². The number of carboxylic acids is 2. The maximum absolute atomic E-state index is 14.5. The zero-order valence-corrected chi connectivity index (χ0v) is 56.2. The van der Waals surface area contributed by atoms with Crippen molar-refractivity contribution in [2.75, 3.05) is 25.6 Å². The smallest absolute Gasteiger partial charge is 0.416 e. The fourth-order valence-corrected chi connectivity index (χ4v) is 16.9. The van der Waals surface area contributed by atoms with Crippen LogP contribution in [0.25, 0.3) is 43.4 Å². The van der Waals surface area contributed by atoms with Gasteiger partial charge in [-0.2, -0.15) is 0 Å². The number of aliphatic carboxylic acids is 2. The molecular formula is C62H65N13O13S6. The van der Waals surface area contributed by atoms with Crippen molar-refractivity contribution in [1.82, 2.24) is 61.5 Å². The number of ether oxygens (including phenoxy) is 2. The second kappa shape index (κ2) is 29.5. The maximum Gasteiger partial charge on any atom is 0.416 e. The van der Waals surface area contributed by atoms with Crippen LogP contribution in [0.3, 0.4) is 0 Å². The number of methoxy groups -OCH3 is 1. The minimum atomic E-state index is -1.31. The summed E-state index contributed by atoms with van der Waals surface area (Å²) in [5.74, 6) is -5.89. The number of aliphatic hydroxyl groups excluding tert-OH is 1. The first-order valence-electron chi connectivity index (χ1n) is 30.1. The first-order chi connectivity index (χ1) is 45.2. The molecule has 10 bridgehead atoms. The number of aryl methyl sites for hydroxylation is 1. The molecule has 2 aliphatic carbocycles. The number of pyridine rings is 1. The molecular weight excluding hydrogens is 1330 g/mol. The molecule has 8 aromatic rings. The van der Waals surface area contributed by atoms with Gasteiger partial charge in [-0.05, 0) is 81.9 Å². The van der Waals surface area contributed by atoms with E-state index < -0.39 is 102 Å². The van der Waals surface area contributed by atoms with Gasteiger partial charge < -0.3 is 51.4 Å². The molecule has 0 radical (unpaired) electrons. The van der Waals surface area contributed by atoms with Crippen molar-refractivity contribution in [2.45, 2.75) is 122 Å². The largest absolute Gasteiger partial charge is 0.481 e. The number of aromatic nitrogens is 7. The lowest BCUT2D eigenvalue weighted by molar-refractivity contribution is -0.144. The van der Waals surface area contributed by atoms with Gasteiger partial charge in [-0.25, -0.2) is 39.7 Å². The van der Waals surface area contributed by atoms with E-state index in [2.05, 4.69) is 26.6 Å². The van der Waals surface area contributed by atoms with Crippen LogP contribution >= 0.6 is 68.0 Å². The number of thiazole rings is 6. The molecule has 11 rings (SSSR count). The summed E-state index contributed by atoms with van der Waals surface area (Å²) in [5, 5.41) is 54.5. The summed E-state index contributed by atoms with van der Waals surface area (Å²) in [6.45, 7) is 4.90. The minimum Gasteiger partial charge on any atom is -0.481 e. The van der Waals surface area contributed by atoms with E-state index in [1.54, 1.807) is 70.9 Å². The predicted molar refractivity (Wildman–Crippen MR) is 353 cm³/mol. The summed E-state index contributed by atoms with van der Waals surface area (Å²) >= 11 is 7.05. The molecule has 0 spiro atoms. The molecule has 26 nitrogen and oxygen atoms in total. The van der Waals surface area contributed by atoms with E-state index in [-0.39, 0.29) is 46.9 Å². The number of nitrogens with one attached hydrogen (secondary N) is 5. The number of aliphatic hydroxyl groups is 1. The summed E-state index contributed by atoms with van der Waals surface area (Å²) in [7, 11) is 2.92. The van der Waals surface area contributed by atoms with Gasteiger partial charge in [0.25, 0.3) is 17.7 Å². The molecule has 0 saturated heterocycles. The molecule has 7 aromatic heterocycles. The Morgan fingerprint density at radius 3 is 2.01 bits per heavy atom. The Kier molecular flexibility index (Phi) is 21.1. The molecule has 1 aromatic carbocycles. The maximum atomic E-state index is 14.5. The Labute approximate surface area is 562 Å². The number of carbonyl (C=O) groups is 8. The number of carbonyl (C=O) groups excluding carboxylic acids is 6. The van der Waals surface area contributed by atoms with Gasteiger partial charge in [0.1, 0.15) is 88.3 Å². The number of carboxylic acid groups (broad SMARTS) is 2. The summed E-state index contributed by atoms with van der Waals surface area (Å²) in [6.07, 6.45) is 0.0925. The van der Waals surface area contributed by atoms with Gasteiger partial charge in [-0.3, -0.25) is 38.5 Å². The Morgan fingerprint density at radius 2 is 1.31 bits per heavy atom. The molecule has 1 aliphatic heterocycles. The average Bonchev–Trinajstić information content (AvgIpc) is 1.73. The number of nitrogens with zero attached hydrogens (tertiary/aromatic N) is 8. The van der Waals surface area contributed by atoms with E-state index >= 15 is 0 Å². The van der Waals surface area contributed by atoms with E-state index in [9.17, 15) is 53.7 Å². The second-order valence-electron chi connectivity index (χ2n) is 23.1. The highest BCUT2D eigenvalue weighted by atomic mass is 32.1. The van der Waals surface area contributed by atoms with Crippen molar-refractivity contribution in [1.29, 1.82) is 0 Å². The Morgan fingerprint density at radius 1 is 0.649 bits per heavy atom.